The number of benzene rings is 2. The molecule has 1 aliphatic carbocycles. The topological polar surface area (TPSA) is 38.3 Å². The highest BCUT2D eigenvalue weighted by atomic mass is 16.5. The van der Waals surface area contributed by atoms with Crippen LogP contribution in [0.5, 0.6) is 5.75 Å². The number of hydrogen-bond donors (Lipinski definition) is 1. The fraction of sp³-hybridized carbons (Fsp3) is 0.458. The van der Waals surface area contributed by atoms with E-state index in [0.717, 1.165) is 54.7 Å². The van der Waals surface area contributed by atoms with Gasteiger partial charge in [-0.05, 0) is 62.4 Å². The maximum Gasteiger partial charge on any atom is 0.235 e. The Labute approximate surface area is 163 Å². The summed E-state index contributed by atoms with van der Waals surface area (Å²) >= 11 is 0. The van der Waals surface area contributed by atoms with E-state index in [2.05, 4.69) is 43.4 Å². The lowest BCUT2D eigenvalue weighted by atomic mass is 9.68. The lowest BCUT2D eigenvalue weighted by Crippen LogP contribution is -2.42. The van der Waals surface area contributed by atoms with Gasteiger partial charge in [0, 0.05) is 5.69 Å². The van der Waals surface area contributed by atoms with Crippen LogP contribution in [-0.2, 0) is 10.2 Å². The van der Waals surface area contributed by atoms with Crippen LogP contribution in [0.25, 0.3) is 0 Å². The maximum atomic E-state index is 13.4. The van der Waals surface area contributed by atoms with E-state index in [1.807, 2.05) is 25.1 Å². The molecule has 3 heteroatoms. The molecule has 0 bridgehead atoms. The van der Waals surface area contributed by atoms with Crippen molar-refractivity contribution in [2.45, 2.75) is 64.7 Å². The van der Waals surface area contributed by atoms with Crippen LogP contribution in [0, 0.1) is 13.8 Å². The van der Waals surface area contributed by atoms with E-state index < -0.39 is 5.41 Å². The van der Waals surface area contributed by atoms with Crippen molar-refractivity contribution in [2.24, 2.45) is 0 Å². The second kappa shape index (κ2) is 8.60. The molecule has 3 nitrogen and oxygen atoms in total. The monoisotopic (exact) mass is 365 g/mol. The highest BCUT2D eigenvalue weighted by molar-refractivity contribution is 5.99. The first-order valence-corrected chi connectivity index (χ1v) is 10.2. The van der Waals surface area contributed by atoms with Crippen molar-refractivity contribution in [3.05, 3.63) is 59.2 Å². The number of rotatable bonds is 6. The van der Waals surface area contributed by atoms with E-state index in [1.165, 1.54) is 12.0 Å². The van der Waals surface area contributed by atoms with Gasteiger partial charge in [-0.15, -0.1) is 0 Å². The molecule has 2 aromatic rings. The number of nitrogens with one attached hydrogen (secondary N) is 1. The van der Waals surface area contributed by atoms with Crippen molar-refractivity contribution in [2.75, 3.05) is 11.9 Å². The van der Waals surface area contributed by atoms with Gasteiger partial charge >= 0.3 is 0 Å². The summed E-state index contributed by atoms with van der Waals surface area (Å²) in [6, 6.07) is 14.4. The number of ether oxygens (including phenoxy) is 1. The number of aryl methyl sites for hydroxylation is 2. The summed E-state index contributed by atoms with van der Waals surface area (Å²) in [6.07, 6.45) is 6.23. The molecule has 1 N–H and O–H groups in total. The molecule has 1 aliphatic rings. The number of carbonyl (C=O) groups is 1. The van der Waals surface area contributed by atoms with Crippen LogP contribution in [0.2, 0.25) is 0 Å². The minimum atomic E-state index is -0.421. The summed E-state index contributed by atoms with van der Waals surface area (Å²) < 4.78 is 5.75. The molecule has 1 fully saturated rings. The lowest BCUT2D eigenvalue weighted by molar-refractivity contribution is -0.122. The summed E-state index contributed by atoms with van der Waals surface area (Å²) in [7, 11) is 0. The summed E-state index contributed by atoms with van der Waals surface area (Å²) in [4.78, 5) is 13.4. The van der Waals surface area contributed by atoms with Gasteiger partial charge in [-0.25, -0.2) is 0 Å². The fourth-order valence-electron chi connectivity index (χ4n) is 4.10. The van der Waals surface area contributed by atoms with E-state index in [-0.39, 0.29) is 5.91 Å². The highest BCUT2D eigenvalue weighted by Gasteiger charge is 2.41. The molecule has 0 atom stereocenters. The largest absolute Gasteiger partial charge is 0.493 e. The van der Waals surface area contributed by atoms with Crippen molar-refractivity contribution < 1.29 is 9.53 Å². The zero-order chi connectivity index (χ0) is 19.3. The summed E-state index contributed by atoms with van der Waals surface area (Å²) in [5.74, 6) is 1.01. The Hall–Kier alpha value is -2.29. The van der Waals surface area contributed by atoms with Gasteiger partial charge in [-0.2, -0.15) is 0 Å². The summed E-state index contributed by atoms with van der Waals surface area (Å²) in [6.45, 7) is 6.93. The molecule has 0 spiro atoms. The van der Waals surface area contributed by atoms with Gasteiger partial charge in [0.1, 0.15) is 5.75 Å². The van der Waals surface area contributed by atoms with Crippen LogP contribution in [-0.4, -0.2) is 12.5 Å². The molecule has 0 heterocycles. The Bertz CT molecular complexity index is 791. The molecule has 1 saturated carbocycles. The minimum Gasteiger partial charge on any atom is -0.493 e. The van der Waals surface area contributed by atoms with Crippen molar-refractivity contribution in [1.82, 2.24) is 0 Å². The van der Waals surface area contributed by atoms with Crippen molar-refractivity contribution in [1.29, 1.82) is 0 Å². The van der Waals surface area contributed by atoms with E-state index in [9.17, 15) is 4.79 Å². The van der Waals surface area contributed by atoms with Gasteiger partial charge in [-0.1, -0.05) is 56.0 Å². The van der Waals surface area contributed by atoms with E-state index >= 15 is 0 Å². The second-order valence-electron chi connectivity index (χ2n) is 7.80. The van der Waals surface area contributed by atoms with E-state index in [0.29, 0.717) is 6.61 Å². The Balaban J connectivity index is 1.84. The smallest absolute Gasteiger partial charge is 0.235 e. The van der Waals surface area contributed by atoms with Gasteiger partial charge in [0.25, 0.3) is 0 Å². The Morgan fingerprint density at radius 2 is 1.85 bits per heavy atom. The van der Waals surface area contributed by atoms with Crippen molar-refractivity contribution >= 4 is 11.6 Å². The first-order valence-electron chi connectivity index (χ1n) is 10.2. The van der Waals surface area contributed by atoms with Crippen LogP contribution < -0.4 is 10.1 Å². The van der Waals surface area contributed by atoms with Gasteiger partial charge in [0.15, 0.2) is 0 Å². The number of amides is 1. The lowest BCUT2D eigenvalue weighted by Gasteiger charge is -2.36. The van der Waals surface area contributed by atoms with Gasteiger partial charge in [0.05, 0.1) is 12.0 Å². The van der Waals surface area contributed by atoms with Crippen LogP contribution in [0.15, 0.2) is 42.5 Å². The molecule has 144 valence electrons. The van der Waals surface area contributed by atoms with Crippen LogP contribution in [0.1, 0.15) is 62.1 Å². The third kappa shape index (κ3) is 4.35. The molecular formula is C24H31NO2. The number of carbonyl (C=O) groups excluding carboxylic acids is 1. The number of anilines is 1. The summed E-state index contributed by atoms with van der Waals surface area (Å²) in [5, 5.41) is 3.20. The molecule has 2 aromatic carbocycles. The van der Waals surface area contributed by atoms with Gasteiger partial charge in [0.2, 0.25) is 5.91 Å². The first kappa shape index (κ1) is 19.5. The Kier molecular flexibility index (Phi) is 6.20. The predicted molar refractivity (Wildman–Crippen MR) is 112 cm³/mol. The average molecular weight is 366 g/mol. The number of hydrogen-bond acceptors (Lipinski definition) is 2. The molecule has 3 rings (SSSR count). The van der Waals surface area contributed by atoms with Crippen LogP contribution in [0.4, 0.5) is 5.69 Å². The SMILES string of the molecule is CCCOc1ccc(NC(=O)C2(c3cccc(C)c3)CCCCC2)cc1C. The highest BCUT2D eigenvalue weighted by Crippen LogP contribution is 2.41. The van der Waals surface area contributed by atoms with E-state index in [4.69, 9.17) is 4.74 Å². The third-order valence-electron chi connectivity index (χ3n) is 5.61. The fourth-order valence-corrected chi connectivity index (χ4v) is 4.10. The van der Waals surface area contributed by atoms with E-state index in [1.54, 1.807) is 0 Å². The molecule has 0 aromatic heterocycles. The minimum absolute atomic E-state index is 0.120. The maximum absolute atomic E-state index is 13.4. The normalized spacial score (nSPS) is 16.0. The van der Waals surface area contributed by atoms with Crippen molar-refractivity contribution in [3.63, 3.8) is 0 Å². The Morgan fingerprint density at radius 1 is 1.07 bits per heavy atom. The molecule has 0 aliphatic heterocycles. The molecule has 0 unspecified atom stereocenters. The summed E-state index contributed by atoms with van der Waals surface area (Å²) in [5.41, 5.74) is 3.83. The third-order valence-corrected chi connectivity index (χ3v) is 5.61. The molecule has 1 amide bonds. The van der Waals surface area contributed by atoms with Crippen LogP contribution in [0.3, 0.4) is 0 Å². The molecule has 27 heavy (non-hydrogen) atoms. The second-order valence-corrected chi connectivity index (χ2v) is 7.80. The van der Waals surface area contributed by atoms with Crippen molar-refractivity contribution in [3.8, 4) is 5.75 Å². The quantitative estimate of drug-likeness (QED) is 0.688. The molecule has 0 saturated heterocycles. The van der Waals surface area contributed by atoms with Gasteiger partial charge in [-0.3, -0.25) is 4.79 Å². The first-order chi connectivity index (χ1) is 13.0. The molecule has 0 radical (unpaired) electrons. The zero-order valence-electron chi connectivity index (χ0n) is 16.8. The Morgan fingerprint density at radius 3 is 2.52 bits per heavy atom. The standard InChI is InChI=1S/C24H31NO2/c1-4-15-27-22-12-11-21(17-19(22)3)25-23(26)24(13-6-5-7-14-24)20-10-8-9-18(2)16-20/h8-12,16-17H,4-7,13-15H2,1-3H3,(H,25,26). The van der Waals surface area contributed by atoms with Gasteiger partial charge < -0.3 is 10.1 Å². The zero-order valence-corrected chi connectivity index (χ0v) is 16.8. The average Bonchev–Trinajstić information content (AvgIpc) is 2.68. The predicted octanol–water partition coefficient (Wildman–Crippen LogP) is 5.93. The van der Waals surface area contributed by atoms with Crippen LogP contribution >= 0.6 is 0 Å². The molecular weight excluding hydrogens is 334 g/mol.